The van der Waals surface area contributed by atoms with Gasteiger partial charge in [-0.25, -0.2) is 4.98 Å². The Morgan fingerprint density at radius 1 is 0.274 bits per heavy atom. The molecule has 4 nitrogen and oxygen atoms in total. The van der Waals surface area contributed by atoms with Crippen molar-refractivity contribution in [2.45, 2.75) is 33.6 Å². The molecular weight excluding hydrogens is 1020 g/mol. The van der Waals surface area contributed by atoms with Crippen molar-refractivity contribution in [3.8, 4) is 11.6 Å². The second-order valence-electron chi connectivity index (χ2n) is 21.9. The first-order valence-corrected chi connectivity index (χ1v) is 29.0. The smallest absolute Gasteiger partial charge is 0.140 e. The maximum Gasteiger partial charge on any atom is 0.140 e. The van der Waals surface area contributed by atoms with Crippen LogP contribution in [0.4, 0.5) is 17.1 Å². The number of benzene rings is 11. The van der Waals surface area contributed by atoms with Gasteiger partial charge in [0.15, 0.2) is 0 Å². The fourth-order valence-electron chi connectivity index (χ4n) is 11.6. The van der Waals surface area contributed by atoms with Crippen molar-refractivity contribution in [2.75, 3.05) is 4.90 Å². The molecule has 0 unspecified atom stereocenters. The lowest BCUT2D eigenvalue weighted by Gasteiger charge is -2.25. The van der Waals surface area contributed by atoms with Gasteiger partial charge in [0, 0.05) is 44.5 Å². The van der Waals surface area contributed by atoms with Gasteiger partial charge in [-0.2, -0.15) is 0 Å². The minimum Gasteiger partial charge on any atom is -0.311 e. The standard InChI is InChI=1S/C51H45N.C29H19N3/c1-37-5-25-45(26-6-37)51(46-27-7-38(2)8-28-46)47-29-21-43(22-30-47)19-17-41-13-15-42(16-14-41)18-20-44-23-35-50(36-24-44)52(48-31-9-39(3)10-32-48)49-33-11-40(4)12-34-49;1-5-14-24-20(10-1)21-11-2-6-15-25(21)31(24)28-18-9-19-29(30-28)32-26-16-7-3-12-22(26)23-13-4-8-17-27(23)32/h5-36,51H,1-4H3;1-19H. The Labute approximate surface area is 492 Å². The van der Waals surface area contributed by atoms with Gasteiger partial charge in [0.1, 0.15) is 11.6 Å². The molecule has 0 aliphatic heterocycles. The molecular formula is C80H64N4. The summed E-state index contributed by atoms with van der Waals surface area (Å²) in [7, 11) is 0. The first kappa shape index (κ1) is 52.8. The molecule has 4 heteroatoms. The lowest BCUT2D eigenvalue weighted by Crippen LogP contribution is -2.09. The van der Waals surface area contributed by atoms with Crippen molar-refractivity contribution in [1.29, 1.82) is 0 Å². The Morgan fingerprint density at radius 3 is 0.845 bits per heavy atom. The van der Waals surface area contributed by atoms with Crippen molar-refractivity contribution >= 4 is 85.0 Å². The summed E-state index contributed by atoms with van der Waals surface area (Å²) in [5, 5.41) is 4.97. The summed E-state index contributed by atoms with van der Waals surface area (Å²) >= 11 is 0. The van der Waals surface area contributed by atoms with Gasteiger partial charge in [-0.3, -0.25) is 9.13 Å². The highest BCUT2D eigenvalue weighted by molar-refractivity contribution is 6.10. The largest absolute Gasteiger partial charge is 0.311 e. The molecule has 3 heterocycles. The molecule has 84 heavy (non-hydrogen) atoms. The molecule has 0 radical (unpaired) electrons. The average Bonchev–Trinajstić information content (AvgIpc) is 3.71. The van der Waals surface area contributed by atoms with Crippen LogP contribution in [0.15, 0.2) is 285 Å². The second-order valence-corrected chi connectivity index (χ2v) is 21.9. The zero-order chi connectivity index (χ0) is 56.9. The lowest BCUT2D eigenvalue weighted by atomic mass is 9.84. The van der Waals surface area contributed by atoms with Crippen LogP contribution in [-0.4, -0.2) is 14.1 Å². The van der Waals surface area contributed by atoms with Gasteiger partial charge < -0.3 is 4.90 Å². The van der Waals surface area contributed by atoms with Crippen LogP contribution in [0.5, 0.6) is 0 Å². The minimum atomic E-state index is 0.199. The monoisotopic (exact) mass is 1080 g/mol. The molecule has 14 aromatic rings. The van der Waals surface area contributed by atoms with E-state index in [2.05, 4.69) is 351 Å². The number of aryl methyl sites for hydroxylation is 4. The predicted octanol–water partition coefficient (Wildman–Crippen LogP) is 21.2. The van der Waals surface area contributed by atoms with E-state index in [1.807, 2.05) is 0 Å². The summed E-state index contributed by atoms with van der Waals surface area (Å²) in [6.07, 6.45) is 8.74. The van der Waals surface area contributed by atoms with Gasteiger partial charge >= 0.3 is 0 Å². The van der Waals surface area contributed by atoms with Crippen LogP contribution in [0.2, 0.25) is 0 Å². The molecule has 404 valence electrons. The van der Waals surface area contributed by atoms with Crippen molar-refractivity contribution in [1.82, 2.24) is 14.1 Å². The number of pyridine rings is 1. The molecule has 0 aliphatic carbocycles. The summed E-state index contributed by atoms with van der Waals surface area (Å²) in [5.74, 6) is 2.04. The minimum absolute atomic E-state index is 0.199. The molecule has 3 aromatic heterocycles. The van der Waals surface area contributed by atoms with E-state index in [0.717, 1.165) is 34.3 Å². The molecule has 0 saturated heterocycles. The normalized spacial score (nSPS) is 11.6. The number of anilines is 3. The lowest BCUT2D eigenvalue weighted by molar-refractivity contribution is 0.974. The van der Waals surface area contributed by atoms with E-state index in [9.17, 15) is 0 Å². The maximum atomic E-state index is 5.18. The van der Waals surface area contributed by atoms with Gasteiger partial charge in [-0.15, -0.1) is 0 Å². The summed E-state index contributed by atoms with van der Waals surface area (Å²) in [6, 6.07) is 102. The predicted molar refractivity (Wildman–Crippen MR) is 358 cm³/mol. The van der Waals surface area contributed by atoms with Gasteiger partial charge in [0.25, 0.3) is 0 Å². The molecule has 14 rings (SSSR count). The molecule has 0 aliphatic rings. The SMILES string of the molecule is Cc1ccc(C(c2ccc(C)cc2)c2ccc(C=Cc3ccc(C=Cc4ccc(N(c5ccc(C)cc5)c5ccc(C)cc5)cc4)cc3)cc2)cc1.c1cc(-n2c3ccccc3c3ccccc32)nc(-n2c3ccccc3c3ccccc32)c1. The van der Waals surface area contributed by atoms with Crippen LogP contribution in [-0.2, 0) is 0 Å². The zero-order valence-electron chi connectivity index (χ0n) is 47.8. The van der Waals surface area contributed by atoms with E-state index in [1.54, 1.807) is 0 Å². The van der Waals surface area contributed by atoms with E-state index in [0.29, 0.717) is 0 Å². The molecule has 0 atom stereocenters. The molecule has 0 bridgehead atoms. The molecule has 0 fully saturated rings. The van der Waals surface area contributed by atoms with Crippen molar-refractivity contribution in [3.63, 3.8) is 0 Å². The van der Waals surface area contributed by atoms with Gasteiger partial charge in [-0.05, 0) is 139 Å². The third kappa shape index (κ3) is 11.0. The van der Waals surface area contributed by atoms with E-state index in [1.165, 1.54) is 99.2 Å². The highest BCUT2D eigenvalue weighted by atomic mass is 15.1. The summed E-state index contributed by atoms with van der Waals surface area (Å²) in [4.78, 5) is 7.49. The van der Waals surface area contributed by atoms with E-state index in [-0.39, 0.29) is 5.92 Å². The number of nitrogens with zero attached hydrogens (tertiary/aromatic N) is 4. The highest BCUT2D eigenvalue weighted by Gasteiger charge is 2.19. The molecule has 0 saturated carbocycles. The summed E-state index contributed by atoms with van der Waals surface area (Å²) < 4.78 is 4.53. The molecule has 11 aromatic carbocycles. The Bertz CT molecular complexity index is 4140. The van der Waals surface area contributed by atoms with Crippen LogP contribution < -0.4 is 4.90 Å². The fraction of sp³-hybridized carbons (Fsp3) is 0.0625. The molecule has 0 spiro atoms. The number of hydrogen-bond acceptors (Lipinski definition) is 2. The molecule has 0 N–H and O–H groups in total. The van der Waals surface area contributed by atoms with Crippen LogP contribution in [0.1, 0.15) is 67.1 Å². The Morgan fingerprint density at radius 2 is 0.524 bits per heavy atom. The van der Waals surface area contributed by atoms with Gasteiger partial charge in [0.05, 0.1) is 22.1 Å². The van der Waals surface area contributed by atoms with Crippen LogP contribution >= 0.6 is 0 Å². The Kier molecular flexibility index (Phi) is 14.8. The van der Waals surface area contributed by atoms with E-state index in [4.69, 9.17) is 4.98 Å². The number of fused-ring (bicyclic) bond motifs is 6. The average molecular weight is 1080 g/mol. The third-order valence-corrected chi connectivity index (χ3v) is 16.0. The van der Waals surface area contributed by atoms with Crippen LogP contribution in [0, 0.1) is 27.7 Å². The van der Waals surface area contributed by atoms with E-state index < -0.39 is 0 Å². The maximum absolute atomic E-state index is 5.18. The van der Waals surface area contributed by atoms with Crippen molar-refractivity contribution in [2.24, 2.45) is 0 Å². The number of aromatic nitrogens is 3. The number of rotatable bonds is 12. The first-order valence-electron chi connectivity index (χ1n) is 29.0. The highest BCUT2D eigenvalue weighted by Crippen LogP contribution is 2.38. The quantitative estimate of drug-likeness (QED) is 0.0900. The summed E-state index contributed by atoms with van der Waals surface area (Å²) in [6.45, 7) is 8.54. The summed E-state index contributed by atoms with van der Waals surface area (Å²) in [5.41, 5.74) is 21.8. The number of para-hydroxylation sites is 4. The van der Waals surface area contributed by atoms with Crippen molar-refractivity contribution in [3.05, 3.63) is 346 Å². The van der Waals surface area contributed by atoms with E-state index >= 15 is 0 Å². The third-order valence-electron chi connectivity index (χ3n) is 16.0. The fourth-order valence-corrected chi connectivity index (χ4v) is 11.6. The number of hydrogen-bond donors (Lipinski definition) is 0. The Hall–Kier alpha value is -10.6. The van der Waals surface area contributed by atoms with Crippen LogP contribution in [0.3, 0.4) is 0 Å². The second kappa shape index (κ2) is 23.5. The Balaban J connectivity index is 0.000000174. The van der Waals surface area contributed by atoms with Crippen molar-refractivity contribution < 1.29 is 0 Å². The van der Waals surface area contributed by atoms with Crippen LogP contribution in [0.25, 0.3) is 79.6 Å². The van der Waals surface area contributed by atoms with Gasteiger partial charge in [0.2, 0.25) is 0 Å². The zero-order valence-corrected chi connectivity index (χ0v) is 47.8. The first-order chi connectivity index (χ1) is 41.3. The molecule has 0 amide bonds. The van der Waals surface area contributed by atoms with Gasteiger partial charge in [-0.1, -0.05) is 259 Å². The topological polar surface area (TPSA) is 26.0 Å².